The van der Waals surface area contributed by atoms with Crippen LogP contribution in [0.25, 0.3) is 0 Å². The molecule has 0 spiro atoms. The van der Waals surface area contributed by atoms with Crippen LogP contribution in [0.3, 0.4) is 0 Å². The fourth-order valence-electron chi connectivity index (χ4n) is 3.38. The van der Waals surface area contributed by atoms with E-state index in [4.69, 9.17) is 0 Å². The molecule has 2 saturated heterocycles. The first-order chi connectivity index (χ1) is 11.3. The second-order valence-corrected chi connectivity index (χ2v) is 6.40. The molecule has 2 heterocycles. The number of benzene rings is 1. The number of piperazine rings is 1. The van der Waals surface area contributed by atoms with Crippen molar-refractivity contribution in [3.63, 3.8) is 0 Å². The van der Waals surface area contributed by atoms with Crippen LogP contribution < -0.4 is 10.2 Å². The van der Waals surface area contributed by atoms with Gasteiger partial charge in [-0.2, -0.15) is 0 Å². The number of para-hydroxylation sites is 1. The van der Waals surface area contributed by atoms with Crippen molar-refractivity contribution in [1.82, 2.24) is 15.1 Å². The standard InChI is InChI=1S/C18H28N4O/c23-18(22-10-4-8-19-9-12-22)7-11-20-13-15-21(16-14-20)17-5-2-1-3-6-17/h1-3,5-6,19H,4,7-16H2. The minimum atomic E-state index is 0.319. The number of carbonyl (C=O) groups is 1. The van der Waals surface area contributed by atoms with Crippen LogP contribution in [0.1, 0.15) is 12.8 Å². The summed E-state index contributed by atoms with van der Waals surface area (Å²) < 4.78 is 0. The Bertz CT molecular complexity index is 477. The lowest BCUT2D eigenvalue weighted by molar-refractivity contribution is -0.131. The van der Waals surface area contributed by atoms with Crippen molar-refractivity contribution < 1.29 is 4.79 Å². The molecule has 5 nitrogen and oxygen atoms in total. The van der Waals surface area contributed by atoms with E-state index >= 15 is 0 Å². The summed E-state index contributed by atoms with van der Waals surface area (Å²) in [7, 11) is 0. The van der Waals surface area contributed by atoms with Crippen LogP contribution in [0.5, 0.6) is 0 Å². The van der Waals surface area contributed by atoms with Gasteiger partial charge in [-0.1, -0.05) is 18.2 Å². The first kappa shape index (κ1) is 16.3. The van der Waals surface area contributed by atoms with E-state index in [2.05, 4.69) is 45.4 Å². The van der Waals surface area contributed by atoms with Crippen molar-refractivity contribution in [3.8, 4) is 0 Å². The summed E-state index contributed by atoms with van der Waals surface area (Å²) >= 11 is 0. The summed E-state index contributed by atoms with van der Waals surface area (Å²) in [6.45, 7) is 8.82. The minimum Gasteiger partial charge on any atom is -0.369 e. The predicted octanol–water partition coefficient (Wildman–Crippen LogP) is 1.02. The number of hydrogen-bond acceptors (Lipinski definition) is 4. The van der Waals surface area contributed by atoms with Crippen molar-refractivity contribution >= 4 is 11.6 Å². The van der Waals surface area contributed by atoms with Gasteiger partial charge in [0.2, 0.25) is 5.91 Å². The van der Waals surface area contributed by atoms with Crippen molar-refractivity contribution in [2.45, 2.75) is 12.8 Å². The van der Waals surface area contributed by atoms with Crippen LogP contribution in [0.2, 0.25) is 0 Å². The average Bonchev–Trinajstić information content (AvgIpc) is 2.90. The molecule has 5 heteroatoms. The summed E-state index contributed by atoms with van der Waals surface area (Å²) in [5.41, 5.74) is 1.31. The molecule has 1 N–H and O–H groups in total. The van der Waals surface area contributed by atoms with Gasteiger partial charge in [0.05, 0.1) is 0 Å². The van der Waals surface area contributed by atoms with Gasteiger partial charge in [-0.3, -0.25) is 9.69 Å². The molecule has 0 radical (unpaired) electrons. The van der Waals surface area contributed by atoms with E-state index in [-0.39, 0.29) is 0 Å². The molecule has 1 aromatic rings. The number of hydrogen-bond donors (Lipinski definition) is 1. The van der Waals surface area contributed by atoms with Crippen LogP contribution in [-0.2, 0) is 4.79 Å². The number of anilines is 1. The fraction of sp³-hybridized carbons (Fsp3) is 0.611. The second kappa shape index (κ2) is 8.31. The van der Waals surface area contributed by atoms with Gasteiger partial charge < -0.3 is 15.1 Å². The zero-order chi connectivity index (χ0) is 15.9. The van der Waals surface area contributed by atoms with Gasteiger partial charge in [0.25, 0.3) is 0 Å². The Labute approximate surface area is 139 Å². The van der Waals surface area contributed by atoms with E-state index in [0.717, 1.165) is 65.3 Å². The van der Waals surface area contributed by atoms with Crippen LogP contribution in [0.4, 0.5) is 5.69 Å². The highest BCUT2D eigenvalue weighted by atomic mass is 16.2. The van der Waals surface area contributed by atoms with Crippen molar-refractivity contribution in [2.75, 3.05) is 63.8 Å². The van der Waals surface area contributed by atoms with Crippen LogP contribution >= 0.6 is 0 Å². The van der Waals surface area contributed by atoms with E-state index in [1.54, 1.807) is 0 Å². The van der Waals surface area contributed by atoms with Gasteiger partial charge in [-0.25, -0.2) is 0 Å². The maximum absolute atomic E-state index is 12.3. The SMILES string of the molecule is O=C(CCN1CCN(c2ccccc2)CC1)N1CCCNCC1. The Morgan fingerprint density at radius 2 is 1.74 bits per heavy atom. The molecule has 3 rings (SSSR count). The summed E-state index contributed by atoms with van der Waals surface area (Å²) in [6.07, 6.45) is 1.73. The van der Waals surface area contributed by atoms with Gasteiger partial charge >= 0.3 is 0 Å². The van der Waals surface area contributed by atoms with E-state index in [9.17, 15) is 4.79 Å². The lowest BCUT2D eigenvalue weighted by Gasteiger charge is -2.36. The van der Waals surface area contributed by atoms with Crippen molar-refractivity contribution in [1.29, 1.82) is 0 Å². The Morgan fingerprint density at radius 3 is 2.52 bits per heavy atom. The maximum Gasteiger partial charge on any atom is 0.223 e. The van der Waals surface area contributed by atoms with Crippen molar-refractivity contribution in [3.05, 3.63) is 30.3 Å². The highest BCUT2D eigenvalue weighted by Gasteiger charge is 2.20. The summed E-state index contributed by atoms with van der Waals surface area (Å²) in [5, 5.41) is 3.35. The second-order valence-electron chi connectivity index (χ2n) is 6.40. The van der Waals surface area contributed by atoms with Gasteiger partial charge in [0, 0.05) is 64.5 Å². The summed E-state index contributed by atoms with van der Waals surface area (Å²) in [6, 6.07) is 10.6. The molecule has 0 aliphatic carbocycles. The monoisotopic (exact) mass is 316 g/mol. The Kier molecular flexibility index (Phi) is 5.88. The summed E-state index contributed by atoms with van der Waals surface area (Å²) in [5.74, 6) is 0.319. The third kappa shape index (κ3) is 4.69. The molecular formula is C18H28N4O. The Morgan fingerprint density at radius 1 is 0.957 bits per heavy atom. The van der Waals surface area contributed by atoms with E-state index in [1.807, 2.05) is 4.90 Å². The van der Waals surface area contributed by atoms with E-state index in [0.29, 0.717) is 12.3 Å². The molecule has 23 heavy (non-hydrogen) atoms. The molecule has 0 atom stereocenters. The molecular weight excluding hydrogens is 288 g/mol. The molecule has 0 bridgehead atoms. The van der Waals surface area contributed by atoms with Gasteiger partial charge in [-0.15, -0.1) is 0 Å². The normalized spacial score (nSPS) is 20.3. The first-order valence-electron chi connectivity index (χ1n) is 8.84. The van der Waals surface area contributed by atoms with Crippen molar-refractivity contribution in [2.24, 2.45) is 0 Å². The molecule has 0 unspecified atom stereocenters. The molecule has 2 aliphatic heterocycles. The molecule has 1 amide bonds. The Hall–Kier alpha value is -1.59. The molecule has 0 saturated carbocycles. The smallest absolute Gasteiger partial charge is 0.223 e. The topological polar surface area (TPSA) is 38.8 Å². The third-order valence-corrected chi connectivity index (χ3v) is 4.83. The first-order valence-corrected chi connectivity index (χ1v) is 8.84. The van der Waals surface area contributed by atoms with Crippen LogP contribution in [0, 0.1) is 0 Å². The highest BCUT2D eigenvalue weighted by molar-refractivity contribution is 5.76. The fourth-order valence-corrected chi connectivity index (χ4v) is 3.38. The molecule has 0 aromatic heterocycles. The van der Waals surface area contributed by atoms with Gasteiger partial charge in [-0.05, 0) is 25.1 Å². The number of nitrogens with zero attached hydrogens (tertiary/aromatic N) is 3. The Balaban J connectivity index is 1.39. The lowest BCUT2D eigenvalue weighted by Crippen LogP contribution is -2.47. The number of amides is 1. The predicted molar refractivity (Wildman–Crippen MR) is 93.8 cm³/mol. The maximum atomic E-state index is 12.3. The van der Waals surface area contributed by atoms with Crippen LogP contribution in [0.15, 0.2) is 30.3 Å². The largest absolute Gasteiger partial charge is 0.369 e. The quantitative estimate of drug-likeness (QED) is 0.900. The highest BCUT2D eigenvalue weighted by Crippen LogP contribution is 2.15. The zero-order valence-corrected chi connectivity index (χ0v) is 13.9. The lowest BCUT2D eigenvalue weighted by atomic mass is 10.2. The van der Waals surface area contributed by atoms with Gasteiger partial charge in [0.15, 0.2) is 0 Å². The number of nitrogens with one attached hydrogen (secondary N) is 1. The summed E-state index contributed by atoms with van der Waals surface area (Å²) in [4.78, 5) is 19.2. The minimum absolute atomic E-state index is 0.319. The molecule has 1 aromatic carbocycles. The molecule has 126 valence electrons. The van der Waals surface area contributed by atoms with Crippen LogP contribution in [-0.4, -0.2) is 74.6 Å². The van der Waals surface area contributed by atoms with Gasteiger partial charge in [0.1, 0.15) is 0 Å². The average molecular weight is 316 g/mol. The van der Waals surface area contributed by atoms with E-state index in [1.165, 1.54) is 5.69 Å². The number of rotatable bonds is 4. The zero-order valence-electron chi connectivity index (χ0n) is 13.9. The van der Waals surface area contributed by atoms with E-state index < -0.39 is 0 Å². The molecule has 2 aliphatic rings. The molecule has 2 fully saturated rings. The third-order valence-electron chi connectivity index (χ3n) is 4.83. The number of carbonyl (C=O) groups excluding carboxylic acids is 1.